The molecular weight excluding hydrogens is 586 g/mol. The van der Waals surface area contributed by atoms with Gasteiger partial charge in [0.15, 0.2) is 0 Å². The van der Waals surface area contributed by atoms with Gasteiger partial charge in [0.2, 0.25) is 0 Å². The molecule has 1 fully saturated rings. The molecule has 1 saturated heterocycles. The highest BCUT2D eigenvalue weighted by atomic mass is 16.5. The molecule has 0 radical (unpaired) electrons. The number of anilines is 1. The first kappa shape index (κ1) is 30.4. The standard InChI is InChI=1S/C39H39N5O3/c1-47-37-13-5-3-11-33(37)28-14-16-29(17-15-28)39(46)44-27-32-18-19-36(43(32)26-31-9-2-4-12-35(31)44)38(45)41-25-30-10-8-21-40-34(30)20-24-42-22-6-7-23-42/h2-5,8-19,21H,6-7,20,22-27H2,1H3,(H,41,45). The SMILES string of the molecule is COc1ccccc1-c1ccc(C(=O)N2Cc3ccc(C(=O)NCc4cccnc4CCN4CCCC4)n3Cc3ccccc32)cc1. The lowest BCUT2D eigenvalue weighted by atomic mass is 10.0. The van der Waals surface area contributed by atoms with Gasteiger partial charge in [-0.1, -0.05) is 54.6 Å². The summed E-state index contributed by atoms with van der Waals surface area (Å²) in [5.74, 6) is 0.546. The van der Waals surface area contributed by atoms with Crippen molar-refractivity contribution < 1.29 is 14.3 Å². The van der Waals surface area contributed by atoms with Gasteiger partial charge in [0.05, 0.1) is 20.2 Å². The van der Waals surface area contributed by atoms with Crippen LogP contribution < -0.4 is 15.0 Å². The van der Waals surface area contributed by atoms with E-state index < -0.39 is 0 Å². The number of nitrogens with one attached hydrogen (secondary N) is 1. The van der Waals surface area contributed by atoms with E-state index in [2.05, 4.69) is 15.2 Å². The first-order valence-electron chi connectivity index (χ1n) is 16.3. The number of nitrogens with zero attached hydrogens (tertiary/aromatic N) is 4. The molecule has 3 aromatic carbocycles. The smallest absolute Gasteiger partial charge is 0.268 e. The van der Waals surface area contributed by atoms with E-state index >= 15 is 0 Å². The van der Waals surface area contributed by atoms with E-state index in [1.54, 1.807) is 7.11 Å². The maximum absolute atomic E-state index is 14.1. The molecule has 0 spiro atoms. The van der Waals surface area contributed by atoms with E-state index in [0.717, 1.165) is 71.1 Å². The number of carbonyl (C=O) groups is 2. The summed E-state index contributed by atoms with van der Waals surface area (Å²) in [6.45, 7) is 4.55. The monoisotopic (exact) mass is 625 g/mol. The number of carbonyl (C=O) groups excluding carboxylic acids is 2. The zero-order valence-corrected chi connectivity index (χ0v) is 26.7. The molecule has 0 bridgehead atoms. The number of pyridine rings is 1. The fourth-order valence-electron chi connectivity index (χ4n) is 6.76. The fraction of sp³-hybridized carbons (Fsp3) is 0.256. The van der Waals surface area contributed by atoms with Crippen molar-refractivity contribution in [2.75, 3.05) is 31.6 Å². The summed E-state index contributed by atoms with van der Waals surface area (Å²) >= 11 is 0. The Morgan fingerprint density at radius 2 is 1.64 bits per heavy atom. The highest BCUT2D eigenvalue weighted by Gasteiger charge is 2.27. The van der Waals surface area contributed by atoms with Crippen LogP contribution in [-0.4, -0.2) is 53.0 Å². The molecule has 0 saturated carbocycles. The van der Waals surface area contributed by atoms with Crippen molar-refractivity contribution in [3.8, 4) is 16.9 Å². The van der Waals surface area contributed by atoms with Crippen molar-refractivity contribution in [1.82, 2.24) is 19.8 Å². The minimum absolute atomic E-state index is 0.0947. The number of methoxy groups -OCH3 is 1. The summed E-state index contributed by atoms with van der Waals surface area (Å²) in [6, 6.07) is 31.2. The van der Waals surface area contributed by atoms with Crippen LogP contribution in [0.1, 0.15) is 56.2 Å². The molecule has 238 valence electrons. The molecule has 0 atom stereocenters. The van der Waals surface area contributed by atoms with E-state index in [0.29, 0.717) is 30.9 Å². The Bertz CT molecular complexity index is 1890. The normalized spacial score (nSPS) is 14.3. The van der Waals surface area contributed by atoms with Gasteiger partial charge < -0.3 is 24.4 Å². The molecule has 0 unspecified atom stereocenters. The molecule has 8 nitrogen and oxygen atoms in total. The fourth-order valence-corrected chi connectivity index (χ4v) is 6.76. The number of fused-ring (bicyclic) bond motifs is 2. The highest BCUT2D eigenvalue weighted by Crippen LogP contribution is 2.32. The molecular formula is C39H39N5O3. The lowest BCUT2D eigenvalue weighted by Gasteiger charge is -2.23. The van der Waals surface area contributed by atoms with Crippen molar-refractivity contribution in [2.45, 2.75) is 38.9 Å². The molecule has 2 aliphatic heterocycles. The number of benzene rings is 3. The van der Waals surface area contributed by atoms with Gasteiger partial charge in [0.25, 0.3) is 11.8 Å². The van der Waals surface area contributed by atoms with Gasteiger partial charge in [-0.3, -0.25) is 14.6 Å². The number of aromatic nitrogens is 2. The summed E-state index contributed by atoms with van der Waals surface area (Å²) in [6.07, 6.45) is 5.23. The maximum atomic E-state index is 14.1. The average molecular weight is 626 g/mol. The predicted molar refractivity (Wildman–Crippen MR) is 184 cm³/mol. The summed E-state index contributed by atoms with van der Waals surface area (Å²) in [4.78, 5) is 36.6. The van der Waals surface area contributed by atoms with Gasteiger partial charge in [0.1, 0.15) is 11.4 Å². The molecule has 0 aliphatic carbocycles. The Kier molecular flexibility index (Phi) is 8.84. The van der Waals surface area contributed by atoms with Crippen molar-refractivity contribution >= 4 is 17.5 Å². The highest BCUT2D eigenvalue weighted by molar-refractivity contribution is 6.07. The van der Waals surface area contributed by atoms with Crippen LogP contribution in [0.2, 0.25) is 0 Å². The van der Waals surface area contributed by atoms with Crippen LogP contribution in [0.4, 0.5) is 5.69 Å². The van der Waals surface area contributed by atoms with Gasteiger partial charge in [0, 0.05) is 53.9 Å². The van der Waals surface area contributed by atoms with Gasteiger partial charge in [-0.05, 0) is 85.1 Å². The first-order valence-corrected chi connectivity index (χ1v) is 16.3. The average Bonchev–Trinajstić information content (AvgIpc) is 3.76. The number of rotatable bonds is 9. The lowest BCUT2D eigenvalue weighted by Crippen LogP contribution is -2.30. The Labute approximate surface area is 275 Å². The van der Waals surface area contributed by atoms with Gasteiger partial charge in [-0.25, -0.2) is 0 Å². The zero-order valence-electron chi connectivity index (χ0n) is 26.7. The second-order valence-corrected chi connectivity index (χ2v) is 12.2. The van der Waals surface area contributed by atoms with Crippen LogP contribution in [0.15, 0.2) is 103 Å². The second-order valence-electron chi connectivity index (χ2n) is 12.2. The van der Waals surface area contributed by atoms with Crippen LogP contribution in [0.3, 0.4) is 0 Å². The Hall–Kier alpha value is -5.21. The number of ether oxygens (including phenoxy) is 1. The summed E-state index contributed by atoms with van der Waals surface area (Å²) in [7, 11) is 1.66. The number of hydrogen-bond acceptors (Lipinski definition) is 5. The minimum Gasteiger partial charge on any atom is -0.496 e. The van der Waals surface area contributed by atoms with E-state index in [9.17, 15) is 9.59 Å². The Balaban J connectivity index is 1.09. The summed E-state index contributed by atoms with van der Waals surface area (Å²) in [5, 5.41) is 3.15. The van der Waals surface area contributed by atoms with E-state index in [-0.39, 0.29) is 11.8 Å². The Morgan fingerprint density at radius 1 is 0.851 bits per heavy atom. The Morgan fingerprint density at radius 3 is 2.47 bits per heavy atom. The third-order valence-corrected chi connectivity index (χ3v) is 9.32. The molecule has 2 aliphatic rings. The van der Waals surface area contributed by atoms with Gasteiger partial charge >= 0.3 is 0 Å². The van der Waals surface area contributed by atoms with Crippen LogP contribution >= 0.6 is 0 Å². The van der Waals surface area contributed by atoms with Crippen LogP contribution in [-0.2, 0) is 26.1 Å². The van der Waals surface area contributed by atoms with Crippen LogP contribution in [0.5, 0.6) is 5.75 Å². The lowest BCUT2D eigenvalue weighted by molar-refractivity contribution is 0.0941. The quantitative estimate of drug-likeness (QED) is 0.207. The molecule has 5 aromatic rings. The molecule has 4 heterocycles. The topological polar surface area (TPSA) is 79.7 Å². The van der Waals surface area contributed by atoms with E-state index in [1.807, 2.05) is 113 Å². The molecule has 47 heavy (non-hydrogen) atoms. The number of hydrogen-bond donors (Lipinski definition) is 1. The largest absolute Gasteiger partial charge is 0.496 e. The van der Waals surface area contributed by atoms with Gasteiger partial charge in [-0.15, -0.1) is 0 Å². The van der Waals surface area contributed by atoms with Crippen molar-refractivity contribution in [1.29, 1.82) is 0 Å². The molecule has 8 heteroatoms. The van der Waals surface area contributed by atoms with Crippen molar-refractivity contribution in [2.24, 2.45) is 0 Å². The first-order chi connectivity index (χ1) is 23.1. The molecule has 2 amide bonds. The van der Waals surface area contributed by atoms with Crippen LogP contribution in [0, 0.1) is 0 Å². The summed E-state index contributed by atoms with van der Waals surface area (Å²) < 4.78 is 7.57. The van der Waals surface area contributed by atoms with Gasteiger partial charge in [-0.2, -0.15) is 0 Å². The molecule has 7 rings (SSSR count). The second kappa shape index (κ2) is 13.6. The number of para-hydroxylation sites is 2. The minimum atomic E-state index is -0.144. The summed E-state index contributed by atoms with van der Waals surface area (Å²) in [5.41, 5.74) is 7.92. The number of likely N-dealkylation sites (tertiary alicyclic amines) is 1. The third-order valence-electron chi connectivity index (χ3n) is 9.32. The maximum Gasteiger partial charge on any atom is 0.268 e. The molecule has 1 N–H and O–H groups in total. The zero-order chi connectivity index (χ0) is 32.2. The predicted octanol–water partition coefficient (Wildman–Crippen LogP) is 6.34. The van der Waals surface area contributed by atoms with Crippen molar-refractivity contribution in [3.63, 3.8) is 0 Å². The van der Waals surface area contributed by atoms with E-state index in [1.165, 1.54) is 12.8 Å². The number of amides is 2. The molecule has 2 aromatic heterocycles. The van der Waals surface area contributed by atoms with E-state index in [4.69, 9.17) is 4.74 Å². The van der Waals surface area contributed by atoms with Crippen molar-refractivity contribution in [3.05, 3.63) is 137 Å². The third kappa shape index (κ3) is 6.42. The van der Waals surface area contributed by atoms with Crippen LogP contribution in [0.25, 0.3) is 11.1 Å².